The highest BCUT2D eigenvalue weighted by molar-refractivity contribution is 7.71. The van der Waals surface area contributed by atoms with Crippen molar-refractivity contribution < 1.29 is 9.64 Å². The van der Waals surface area contributed by atoms with Gasteiger partial charge in [0.05, 0.1) is 13.7 Å². The van der Waals surface area contributed by atoms with Gasteiger partial charge in [0, 0.05) is 17.5 Å². The van der Waals surface area contributed by atoms with Crippen LogP contribution in [0.25, 0.3) is 11.4 Å². The maximum Gasteiger partial charge on any atom is 0.221 e. The first-order chi connectivity index (χ1) is 12.2. The molecule has 1 atom stereocenters. The zero-order valence-electron chi connectivity index (χ0n) is 14.2. The molecule has 0 radical (unpaired) electrons. The third kappa shape index (κ3) is 3.36. The number of nitrogens with one attached hydrogen (secondary N) is 2. The van der Waals surface area contributed by atoms with Crippen LogP contribution in [0.1, 0.15) is 11.1 Å². The number of aromatic nitrogens is 3. The van der Waals surface area contributed by atoms with Crippen LogP contribution in [0.5, 0.6) is 5.75 Å². The maximum absolute atomic E-state index is 5.45. The van der Waals surface area contributed by atoms with E-state index in [1.807, 2.05) is 28.9 Å². The predicted octanol–water partition coefficient (Wildman–Crippen LogP) is 2.21. The molecule has 1 aliphatic heterocycles. The molecular formula is C19H21N4OS+. The van der Waals surface area contributed by atoms with Gasteiger partial charge in [0.25, 0.3) is 0 Å². The summed E-state index contributed by atoms with van der Waals surface area (Å²) in [6.07, 6.45) is 1.11. The molecule has 0 bridgehead atoms. The summed E-state index contributed by atoms with van der Waals surface area (Å²) in [7, 11) is 1.66. The number of hydrogen-bond acceptors (Lipinski definition) is 3. The van der Waals surface area contributed by atoms with Gasteiger partial charge in [0.1, 0.15) is 12.3 Å². The lowest BCUT2D eigenvalue weighted by atomic mass is 10.0. The Balaban J connectivity index is 1.52. The molecule has 6 heteroatoms. The number of hydrogen-bond donors (Lipinski definition) is 2. The van der Waals surface area contributed by atoms with E-state index >= 15 is 0 Å². The van der Waals surface area contributed by atoms with Gasteiger partial charge in [-0.2, -0.15) is 4.98 Å². The lowest BCUT2D eigenvalue weighted by molar-refractivity contribution is -0.939. The number of quaternary nitrogens is 1. The quantitative estimate of drug-likeness (QED) is 0.707. The van der Waals surface area contributed by atoms with E-state index in [0.717, 1.165) is 43.3 Å². The highest BCUT2D eigenvalue weighted by Crippen LogP contribution is 2.19. The fraction of sp³-hybridized carbons (Fsp3) is 0.263. The topological polar surface area (TPSA) is 47.3 Å². The lowest BCUT2D eigenvalue weighted by Crippen LogP contribution is -3.11. The Morgan fingerprint density at radius 1 is 1.16 bits per heavy atom. The largest absolute Gasteiger partial charge is 0.497 e. The Kier molecular flexibility index (Phi) is 4.38. The van der Waals surface area contributed by atoms with Crippen LogP contribution in [0.4, 0.5) is 0 Å². The van der Waals surface area contributed by atoms with Gasteiger partial charge in [-0.25, -0.2) is 4.68 Å². The van der Waals surface area contributed by atoms with E-state index in [9.17, 15) is 0 Å². The van der Waals surface area contributed by atoms with Gasteiger partial charge in [0.15, 0.2) is 12.5 Å². The minimum atomic E-state index is 0.595. The summed E-state index contributed by atoms with van der Waals surface area (Å²) >= 11 is 5.45. The van der Waals surface area contributed by atoms with Gasteiger partial charge in [-0.15, -0.1) is 0 Å². The van der Waals surface area contributed by atoms with Crippen molar-refractivity contribution in [2.75, 3.05) is 13.7 Å². The minimum Gasteiger partial charge on any atom is -0.497 e. The zero-order chi connectivity index (χ0) is 17.2. The molecule has 0 spiro atoms. The van der Waals surface area contributed by atoms with Crippen molar-refractivity contribution in [2.45, 2.75) is 19.6 Å². The number of fused-ring (bicyclic) bond motifs is 1. The summed E-state index contributed by atoms with van der Waals surface area (Å²) in [4.78, 5) is 6.00. The van der Waals surface area contributed by atoms with Gasteiger partial charge in [0.2, 0.25) is 4.77 Å². The van der Waals surface area contributed by atoms with Crippen molar-refractivity contribution in [3.05, 3.63) is 64.4 Å². The summed E-state index contributed by atoms with van der Waals surface area (Å²) < 4.78 is 7.77. The first kappa shape index (κ1) is 16.1. The molecule has 4 rings (SSSR count). The second-order valence-electron chi connectivity index (χ2n) is 6.36. The van der Waals surface area contributed by atoms with Crippen LogP contribution in [0.3, 0.4) is 0 Å². The number of aromatic amines is 1. The number of rotatable bonds is 4. The predicted molar refractivity (Wildman–Crippen MR) is 99.1 cm³/mol. The standard InChI is InChI=1S/C19H20N4OS/c1-24-17-8-6-15(7-9-17)18-20-19(25)23(21-18)13-22-11-10-14-4-2-3-5-16(14)12-22/h2-9H,10-13H2,1H3,(H,20,21,25)/p+1. The second-order valence-corrected chi connectivity index (χ2v) is 6.73. The molecule has 25 heavy (non-hydrogen) atoms. The molecule has 0 amide bonds. The third-order valence-corrected chi connectivity index (χ3v) is 5.04. The number of H-pyrrole nitrogens is 1. The van der Waals surface area contributed by atoms with Gasteiger partial charge < -0.3 is 9.64 Å². The van der Waals surface area contributed by atoms with Crippen LogP contribution in [-0.2, 0) is 19.6 Å². The van der Waals surface area contributed by atoms with E-state index < -0.39 is 0 Å². The molecule has 0 saturated carbocycles. The third-order valence-electron chi connectivity index (χ3n) is 4.73. The van der Waals surface area contributed by atoms with E-state index in [0.29, 0.717) is 4.77 Å². The van der Waals surface area contributed by atoms with E-state index in [1.165, 1.54) is 16.0 Å². The molecule has 2 N–H and O–H groups in total. The normalized spacial score (nSPS) is 16.4. The van der Waals surface area contributed by atoms with Gasteiger partial charge >= 0.3 is 0 Å². The Bertz CT molecular complexity index is 929. The van der Waals surface area contributed by atoms with Crippen LogP contribution >= 0.6 is 12.2 Å². The first-order valence-corrected chi connectivity index (χ1v) is 8.85. The Morgan fingerprint density at radius 3 is 2.68 bits per heavy atom. The molecule has 0 saturated heterocycles. The Hall–Kier alpha value is -2.44. The molecule has 1 aliphatic rings. The van der Waals surface area contributed by atoms with Gasteiger partial charge in [-0.1, -0.05) is 24.3 Å². The minimum absolute atomic E-state index is 0.595. The maximum atomic E-state index is 5.45. The smallest absolute Gasteiger partial charge is 0.221 e. The Labute approximate surface area is 151 Å². The van der Waals surface area contributed by atoms with E-state index in [2.05, 4.69) is 34.3 Å². The first-order valence-electron chi connectivity index (χ1n) is 8.44. The lowest BCUT2D eigenvalue weighted by Gasteiger charge is -2.25. The van der Waals surface area contributed by atoms with Gasteiger partial charge in [-0.3, -0.25) is 5.10 Å². The molecular weight excluding hydrogens is 332 g/mol. The number of benzene rings is 2. The SMILES string of the molecule is COc1ccc(-c2nc(=S)n(C[NH+]3CCc4ccccc4C3)[nH]2)cc1. The molecule has 128 valence electrons. The molecule has 3 aromatic rings. The molecule has 5 nitrogen and oxygen atoms in total. The summed E-state index contributed by atoms with van der Waals surface area (Å²) in [5.41, 5.74) is 3.91. The zero-order valence-corrected chi connectivity index (χ0v) is 15.0. The monoisotopic (exact) mass is 353 g/mol. The number of methoxy groups -OCH3 is 1. The molecule has 0 fully saturated rings. The van der Waals surface area contributed by atoms with Gasteiger partial charge in [-0.05, 0) is 42.0 Å². The summed E-state index contributed by atoms with van der Waals surface area (Å²) in [6, 6.07) is 16.5. The molecule has 1 aromatic heterocycles. The van der Waals surface area contributed by atoms with E-state index in [1.54, 1.807) is 7.11 Å². The molecule has 0 aliphatic carbocycles. The fourth-order valence-electron chi connectivity index (χ4n) is 3.34. The molecule has 2 heterocycles. The van der Waals surface area contributed by atoms with Crippen LogP contribution in [0.15, 0.2) is 48.5 Å². The molecule has 2 aromatic carbocycles. The van der Waals surface area contributed by atoms with Crippen LogP contribution in [0, 0.1) is 4.77 Å². The van der Waals surface area contributed by atoms with Crippen molar-refractivity contribution in [1.82, 2.24) is 14.8 Å². The van der Waals surface area contributed by atoms with E-state index in [-0.39, 0.29) is 0 Å². The van der Waals surface area contributed by atoms with Crippen LogP contribution < -0.4 is 9.64 Å². The highest BCUT2D eigenvalue weighted by atomic mass is 32.1. The summed E-state index contributed by atoms with van der Waals surface area (Å²) in [5.74, 6) is 1.63. The van der Waals surface area contributed by atoms with Crippen molar-refractivity contribution in [3.8, 4) is 17.1 Å². The van der Waals surface area contributed by atoms with Crippen molar-refractivity contribution in [1.29, 1.82) is 0 Å². The average Bonchev–Trinajstić information content (AvgIpc) is 3.02. The summed E-state index contributed by atoms with van der Waals surface area (Å²) in [5, 5.41) is 3.35. The Morgan fingerprint density at radius 2 is 1.92 bits per heavy atom. The van der Waals surface area contributed by atoms with Crippen molar-refractivity contribution in [2.24, 2.45) is 0 Å². The fourth-order valence-corrected chi connectivity index (χ4v) is 3.54. The number of ether oxygens (including phenoxy) is 1. The molecule has 1 unspecified atom stereocenters. The number of nitrogens with zero attached hydrogens (tertiary/aromatic N) is 2. The van der Waals surface area contributed by atoms with Crippen molar-refractivity contribution >= 4 is 12.2 Å². The second kappa shape index (κ2) is 6.82. The highest BCUT2D eigenvalue weighted by Gasteiger charge is 2.20. The average molecular weight is 353 g/mol. The van der Waals surface area contributed by atoms with Crippen LogP contribution in [-0.4, -0.2) is 28.4 Å². The summed E-state index contributed by atoms with van der Waals surface area (Å²) in [6.45, 7) is 2.93. The van der Waals surface area contributed by atoms with Crippen LogP contribution in [0.2, 0.25) is 0 Å². The van der Waals surface area contributed by atoms with E-state index in [4.69, 9.17) is 17.0 Å². The van der Waals surface area contributed by atoms with Crippen molar-refractivity contribution in [3.63, 3.8) is 0 Å².